The van der Waals surface area contributed by atoms with Crippen LogP contribution in [-0.4, -0.2) is 14.7 Å². The second-order valence-corrected chi connectivity index (χ2v) is 7.43. The van der Waals surface area contributed by atoms with Crippen molar-refractivity contribution in [3.05, 3.63) is 0 Å². The van der Waals surface area contributed by atoms with Crippen molar-refractivity contribution in [1.29, 1.82) is 0 Å². The summed E-state index contributed by atoms with van der Waals surface area (Å²) in [6.45, 7) is 4.14. The van der Waals surface area contributed by atoms with Crippen molar-refractivity contribution in [3.63, 3.8) is 0 Å². The van der Waals surface area contributed by atoms with E-state index in [2.05, 4.69) is 13.1 Å². The predicted molar refractivity (Wildman–Crippen MR) is 37.5 cm³/mol. The monoisotopic (exact) mass is 148 g/mol. The highest BCUT2D eigenvalue weighted by atomic mass is 28.4. The topological polar surface area (TPSA) is 9.23 Å². The van der Waals surface area contributed by atoms with Crippen LogP contribution in [-0.2, 0) is 4.43 Å². The van der Waals surface area contributed by atoms with Gasteiger partial charge in [0.15, 0.2) is 14.7 Å². The van der Waals surface area contributed by atoms with Gasteiger partial charge in [-0.15, -0.1) is 0 Å². The zero-order chi connectivity index (χ0) is 6.91. The number of rotatable bonds is 0. The zero-order valence-corrected chi connectivity index (χ0v) is 6.98. The van der Waals surface area contributed by atoms with Gasteiger partial charge in [-0.2, -0.15) is 0 Å². The Balaban J connectivity index is 2.41. The van der Waals surface area contributed by atoms with Gasteiger partial charge in [0.25, 0.3) is 0 Å². The summed E-state index contributed by atoms with van der Waals surface area (Å²) in [4.78, 5) is 0. The predicted octanol–water partition coefficient (Wildman–Crippen LogP) is 2.30. The molecule has 0 aromatic rings. The molecule has 1 fully saturated rings. The average molecular weight is 148 g/mol. The van der Waals surface area contributed by atoms with Gasteiger partial charge in [0.05, 0.1) is 0 Å². The maximum absolute atomic E-state index is 12.5. The van der Waals surface area contributed by atoms with E-state index in [1.165, 1.54) is 0 Å². The van der Waals surface area contributed by atoms with Crippen LogP contribution < -0.4 is 0 Å². The van der Waals surface area contributed by atoms with Crippen LogP contribution in [0.1, 0.15) is 12.8 Å². The molecule has 0 aromatic carbocycles. The quantitative estimate of drug-likeness (QED) is 0.479. The maximum atomic E-state index is 12.5. The summed E-state index contributed by atoms with van der Waals surface area (Å²) < 4.78 is 17.6. The van der Waals surface area contributed by atoms with Gasteiger partial charge in [-0.05, 0) is 25.6 Å². The molecule has 0 radical (unpaired) electrons. The van der Waals surface area contributed by atoms with E-state index < -0.39 is 14.7 Å². The molecule has 0 N–H and O–H groups in total. The fraction of sp³-hybridized carbons (Fsp3) is 1.00. The summed E-state index contributed by atoms with van der Waals surface area (Å²) in [5, 5.41) is 0. The second kappa shape index (κ2) is 2.38. The summed E-state index contributed by atoms with van der Waals surface area (Å²) in [6, 6.07) is 1.12. The van der Waals surface area contributed by atoms with Gasteiger partial charge in [-0.25, -0.2) is 4.39 Å². The molecule has 1 heterocycles. The third kappa shape index (κ3) is 2.06. The van der Waals surface area contributed by atoms with Crippen LogP contribution in [0.2, 0.25) is 19.1 Å². The van der Waals surface area contributed by atoms with Crippen LogP contribution in [0.4, 0.5) is 4.39 Å². The molecule has 0 amide bonds. The normalized spacial score (nSPS) is 34.3. The Morgan fingerprint density at radius 1 is 1.56 bits per heavy atom. The highest BCUT2D eigenvalue weighted by Gasteiger charge is 2.30. The highest BCUT2D eigenvalue weighted by molar-refractivity contribution is 6.71. The highest BCUT2D eigenvalue weighted by Crippen LogP contribution is 2.25. The zero-order valence-electron chi connectivity index (χ0n) is 5.98. The van der Waals surface area contributed by atoms with E-state index in [0.717, 1.165) is 12.5 Å². The van der Waals surface area contributed by atoms with E-state index >= 15 is 0 Å². The van der Waals surface area contributed by atoms with Crippen LogP contribution in [0.5, 0.6) is 0 Å². The molecule has 9 heavy (non-hydrogen) atoms. The fourth-order valence-corrected chi connectivity index (χ4v) is 3.14. The van der Waals surface area contributed by atoms with Crippen molar-refractivity contribution in [1.82, 2.24) is 0 Å². The number of hydrogen-bond donors (Lipinski definition) is 0. The summed E-state index contributed by atoms with van der Waals surface area (Å²) in [6.07, 6.45) is 0.664. The lowest BCUT2D eigenvalue weighted by Gasteiger charge is -2.29. The lowest BCUT2D eigenvalue weighted by atomic mass is 10.3. The molecule has 1 nitrogen and oxygen atoms in total. The second-order valence-electron chi connectivity index (χ2n) is 3.18. The van der Waals surface area contributed by atoms with Crippen LogP contribution >= 0.6 is 0 Å². The third-order valence-electron chi connectivity index (χ3n) is 1.66. The molecular weight excluding hydrogens is 135 g/mol. The van der Waals surface area contributed by atoms with E-state index in [1.807, 2.05) is 0 Å². The lowest BCUT2D eigenvalue weighted by molar-refractivity contribution is 0.0372. The number of alkyl halides is 1. The maximum Gasteiger partial charge on any atom is 0.190 e. The van der Waals surface area contributed by atoms with Crippen molar-refractivity contribution in [2.75, 3.05) is 0 Å². The van der Waals surface area contributed by atoms with Crippen LogP contribution in [0.25, 0.3) is 0 Å². The molecule has 1 unspecified atom stereocenters. The van der Waals surface area contributed by atoms with E-state index in [0.29, 0.717) is 6.42 Å². The minimum atomic E-state index is -1.53. The molecule has 0 bridgehead atoms. The lowest BCUT2D eigenvalue weighted by Crippen LogP contribution is -2.37. The van der Waals surface area contributed by atoms with Gasteiger partial charge in [-0.3, -0.25) is 0 Å². The van der Waals surface area contributed by atoms with Gasteiger partial charge < -0.3 is 4.43 Å². The van der Waals surface area contributed by atoms with E-state index in [1.54, 1.807) is 0 Å². The van der Waals surface area contributed by atoms with Crippen molar-refractivity contribution >= 4 is 8.32 Å². The number of halogens is 1. The van der Waals surface area contributed by atoms with Gasteiger partial charge in [0.1, 0.15) is 0 Å². The molecule has 1 aliphatic rings. The summed E-state index contributed by atoms with van der Waals surface area (Å²) in [5.41, 5.74) is 0. The molecule has 1 saturated heterocycles. The Labute approximate surface area is 56.3 Å². The average Bonchev–Trinajstić information content (AvgIpc) is 1.60. The van der Waals surface area contributed by atoms with Gasteiger partial charge >= 0.3 is 0 Å². The Morgan fingerprint density at radius 3 is 2.56 bits per heavy atom. The summed E-state index contributed by atoms with van der Waals surface area (Å²) in [7, 11) is -1.53. The first kappa shape index (κ1) is 7.22. The molecule has 1 atom stereocenters. The van der Waals surface area contributed by atoms with Crippen molar-refractivity contribution in [3.8, 4) is 0 Å². The molecular formula is C6H13FOSi. The Morgan fingerprint density at radius 2 is 2.22 bits per heavy atom. The molecule has 0 aliphatic carbocycles. The molecule has 1 aliphatic heterocycles. The molecule has 54 valence electrons. The molecule has 0 aromatic heterocycles. The molecule has 0 spiro atoms. The minimum absolute atomic E-state index is 0.608. The van der Waals surface area contributed by atoms with E-state index in [4.69, 9.17) is 4.43 Å². The minimum Gasteiger partial charge on any atom is -0.389 e. The molecule has 1 rings (SSSR count). The first-order valence-electron chi connectivity index (χ1n) is 3.42. The van der Waals surface area contributed by atoms with Gasteiger partial charge in [0, 0.05) is 6.42 Å². The fourth-order valence-electron chi connectivity index (χ4n) is 1.15. The van der Waals surface area contributed by atoms with Crippen molar-refractivity contribution in [2.24, 2.45) is 0 Å². The smallest absolute Gasteiger partial charge is 0.190 e. The van der Waals surface area contributed by atoms with E-state index in [-0.39, 0.29) is 0 Å². The van der Waals surface area contributed by atoms with Gasteiger partial charge in [0.2, 0.25) is 0 Å². The SMILES string of the molecule is C[Si]1(C)CCCC(F)O1. The van der Waals surface area contributed by atoms with E-state index in [9.17, 15) is 4.39 Å². The summed E-state index contributed by atoms with van der Waals surface area (Å²) in [5.74, 6) is 0. The summed E-state index contributed by atoms with van der Waals surface area (Å²) >= 11 is 0. The largest absolute Gasteiger partial charge is 0.389 e. The van der Waals surface area contributed by atoms with Crippen molar-refractivity contribution < 1.29 is 8.82 Å². The third-order valence-corrected chi connectivity index (χ3v) is 4.11. The number of hydrogen-bond acceptors (Lipinski definition) is 1. The molecule has 3 heteroatoms. The van der Waals surface area contributed by atoms with Gasteiger partial charge in [-0.1, -0.05) is 0 Å². The Bertz CT molecular complexity index is 105. The van der Waals surface area contributed by atoms with Crippen LogP contribution in [0.3, 0.4) is 0 Å². The standard InChI is InChI=1S/C6H13FOSi/c1-9(2)5-3-4-6(7)8-9/h6H,3-5H2,1-2H3. The van der Waals surface area contributed by atoms with Crippen molar-refractivity contribution in [2.45, 2.75) is 38.3 Å². The van der Waals surface area contributed by atoms with Crippen LogP contribution in [0.15, 0.2) is 0 Å². The Kier molecular flexibility index (Phi) is 1.91. The van der Waals surface area contributed by atoms with Crippen LogP contribution in [0, 0.1) is 0 Å². The first-order chi connectivity index (χ1) is 4.10. The Hall–Kier alpha value is 0.107. The molecule has 0 saturated carbocycles. The first-order valence-corrected chi connectivity index (χ1v) is 6.54.